The van der Waals surface area contributed by atoms with Crippen LogP contribution in [0.5, 0.6) is 0 Å². The van der Waals surface area contributed by atoms with E-state index in [4.69, 9.17) is 4.74 Å². The molecule has 56 valence electrons. The molecule has 1 nitrogen and oxygen atoms in total. The number of ether oxygens (including phenoxy) is 1. The molecule has 0 aliphatic carbocycles. The van der Waals surface area contributed by atoms with E-state index in [0.717, 1.165) is 9.70 Å². The first-order valence-electron chi connectivity index (χ1n) is 3.43. The van der Waals surface area contributed by atoms with Crippen LogP contribution >= 0.6 is 15.9 Å². The van der Waals surface area contributed by atoms with Crippen LogP contribution in [0.15, 0.2) is 24.3 Å². The zero-order valence-corrected chi connectivity index (χ0v) is 7.47. The molecule has 0 bridgehead atoms. The van der Waals surface area contributed by atoms with E-state index >= 15 is 0 Å². The number of hydrogen-bond acceptors (Lipinski definition) is 1. The molecule has 1 aromatic carbocycles. The number of rotatable bonds is 0. The van der Waals surface area contributed by atoms with Gasteiger partial charge in [-0.3, -0.25) is 0 Å². The third kappa shape index (κ3) is 1.18. The van der Waals surface area contributed by atoms with Gasteiger partial charge in [0.1, 0.15) is 6.61 Å². The molecule has 0 N–H and O–H groups in total. The van der Waals surface area contributed by atoms with E-state index in [1.165, 1.54) is 5.22 Å². The van der Waals surface area contributed by atoms with Crippen molar-refractivity contribution in [3.05, 3.63) is 34.7 Å². The van der Waals surface area contributed by atoms with Crippen molar-refractivity contribution >= 4 is 26.7 Å². The summed E-state index contributed by atoms with van der Waals surface area (Å²) in [5, 5.41) is 2.38. The molecule has 0 saturated heterocycles. The molecule has 1 heterocycles. The maximum Gasteiger partial charge on any atom is 0.119 e. The van der Waals surface area contributed by atoms with E-state index in [2.05, 4.69) is 22.0 Å². The van der Waals surface area contributed by atoms with Gasteiger partial charge in [-0.1, -0.05) is 40.2 Å². The van der Waals surface area contributed by atoms with Gasteiger partial charge < -0.3 is 4.74 Å². The molecule has 0 amide bonds. The van der Waals surface area contributed by atoms with Gasteiger partial charge in [0, 0.05) is 9.70 Å². The van der Waals surface area contributed by atoms with Crippen molar-refractivity contribution in [2.24, 2.45) is 0 Å². The number of halogens is 1. The molecule has 0 spiro atoms. The van der Waals surface area contributed by atoms with Gasteiger partial charge >= 0.3 is 0 Å². The summed E-state index contributed by atoms with van der Waals surface area (Å²) in [6.07, 6.45) is 1.79. The van der Waals surface area contributed by atoms with Crippen molar-refractivity contribution < 1.29 is 4.74 Å². The van der Waals surface area contributed by atoms with Gasteiger partial charge in [-0.05, 0) is 5.22 Å². The molecule has 0 aromatic heterocycles. The fourth-order valence-electron chi connectivity index (χ4n) is 1.13. The highest BCUT2D eigenvalue weighted by Gasteiger charge is 1.99. The van der Waals surface area contributed by atoms with Gasteiger partial charge in [-0.15, -0.1) is 0 Å². The smallest absolute Gasteiger partial charge is 0.119 e. The van der Waals surface area contributed by atoms with Crippen LogP contribution in [-0.2, 0) is 4.74 Å². The fraction of sp³-hybridized carbons (Fsp3) is 0.111. The topological polar surface area (TPSA) is 9.23 Å². The van der Waals surface area contributed by atoms with E-state index < -0.39 is 0 Å². The van der Waals surface area contributed by atoms with E-state index in [9.17, 15) is 0 Å². The highest BCUT2D eigenvalue weighted by Crippen LogP contribution is 2.05. The second kappa shape index (κ2) is 2.70. The van der Waals surface area contributed by atoms with Crippen molar-refractivity contribution in [2.75, 3.05) is 6.61 Å². The molecule has 0 unspecified atom stereocenters. The Morgan fingerprint density at radius 3 is 2.91 bits per heavy atom. The fourth-order valence-corrected chi connectivity index (χ4v) is 1.62. The summed E-state index contributed by atoms with van der Waals surface area (Å²) in [5.41, 5.74) is 0. The van der Waals surface area contributed by atoms with Crippen molar-refractivity contribution in [3.63, 3.8) is 0 Å². The van der Waals surface area contributed by atoms with Crippen LogP contribution in [0.2, 0.25) is 0 Å². The molecule has 0 saturated carbocycles. The summed E-state index contributed by atoms with van der Waals surface area (Å²) in [4.78, 5) is 0. The lowest BCUT2D eigenvalue weighted by molar-refractivity contribution is 0.344. The van der Waals surface area contributed by atoms with Gasteiger partial charge in [-0.25, -0.2) is 0 Å². The first-order valence-corrected chi connectivity index (χ1v) is 4.23. The Kier molecular flexibility index (Phi) is 1.70. The molecule has 0 fully saturated rings. The lowest BCUT2D eigenvalue weighted by Crippen LogP contribution is -2.29. The van der Waals surface area contributed by atoms with Crippen molar-refractivity contribution in [2.45, 2.75) is 0 Å². The van der Waals surface area contributed by atoms with Crippen LogP contribution in [0.1, 0.15) is 0 Å². The predicted octanol–water partition coefficient (Wildman–Crippen LogP) is 0.958. The molecule has 1 aromatic rings. The number of hydrogen-bond donors (Lipinski definition) is 0. The van der Waals surface area contributed by atoms with Crippen LogP contribution in [-0.4, -0.2) is 6.61 Å². The SMILES string of the molecule is BrC1=c2ccccc2=COC1. The summed E-state index contributed by atoms with van der Waals surface area (Å²) in [6, 6.07) is 8.15. The first kappa shape index (κ1) is 6.92. The summed E-state index contributed by atoms with van der Waals surface area (Å²) in [5.74, 6) is 0. The molecule has 11 heavy (non-hydrogen) atoms. The Hall–Kier alpha value is -0.760. The maximum atomic E-state index is 5.20. The average Bonchev–Trinajstić information content (AvgIpc) is 2.06. The normalized spacial score (nSPS) is 14.8. The van der Waals surface area contributed by atoms with E-state index in [0.29, 0.717) is 6.61 Å². The van der Waals surface area contributed by atoms with Crippen LogP contribution in [0.25, 0.3) is 10.7 Å². The summed E-state index contributed by atoms with van der Waals surface area (Å²) >= 11 is 3.46. The highest BCUT2D eigenvalue weighted by molar-refractivity contribution is 9.14. The van der Waals surface area contributed by atoms with Crippen LogP contribution in [0, 0.1) is 0 Å². The van der Waals surface area contributed by atoms with Gasteiger partial charge in [0.15, 0.2) is 0 Å². The molecular formula is C9H7BrO. The van der Waals surface area contributed by atoms with E-state index in [1.807, 2.05) is 18.2 Å². The zero-order chi connectivity index (χ0) is 7.68. The average molecular weight is 211 g/mol. The largest absolute Gasteiger partial charge is 0.495 e. The van der Waals surface area contributed by atoms with Gasteiger partial charge in [-0.2, -0.15) is 0 Å². The van der Waals surface area contributed by atoms with E-state index in [1.54, 1.807) is 6.26 Å². The lowest BCUT2D eigenvalue weighted by Gasteiger charge is -2.05. The quantitative estimate of drug-likeness (QED) is 0.621. The number of benzene rings is 1. The Morgan fingerprint density at radius 2 is 2.09 bits per heavy atom. The highest BCUT2D eigenvalue weighted by atomic mass is 79.9. The Balaban J connectivity index is 2.89. The molecule has 1 aliphatic heterocycles. The molecular weight excluding hydrogens is 204 g/mol. The second-order valence-electron chi connectivity index (χ2n) is 2.42. The minimum absolute atomic E-state index is 0.650. The molecule has 2 rings (SSSR count). The van der Waals surface area contributed by atoms with Crippen LogP contribution in [0.4, 0.5) is 0 Å². The summed E-state index contributed by atoms with van der Waals surface area (Å²) < 4.78 is 6.32. The third-order valence-electron chi connectivity index (χ3n) is 1.67. The molecule has 0 atom stereocenters. The lowest BCUT2D eigenvalue weighted by atomic mass is 10.2. The predicted molar refractivity (Wildman–Crippen MR) is 48.4 cm³/mol. The maximum absolute atomic E-state index is 5.20. The third-order valence-corrected chi connectivity index (χ3v) is 2.33. The van der Waals surface area contributed by atoms with Gasteiger partial charge in [0.2, 0.25) is 0 Å². The van der Waals surface area contributed by atoms with Crippen molar-refractivity contribution in [3.8, 4) is 0 Å². The van der Waals surface area contributed by atoms with Crippen molar-refractivity contribution in [1.29, 1.82) is 0 Å². The number of fused-ring (bicyclic) bond motifs is 1. The van der Waals surface area contributed by atoms with Crippen LogP contribution in [0.3, 0.4) is 0 Å². The Labute approximate surface area is 73.1 Å². The Bertz CT molecular complexity index is 381. The first-order chi connectivity index (χ1) is 5.38. The van der Waals surface area contributed by atoms with Crippen molar-refractivity contribution in [1.82, 2.24) is 0 Å². The Morgan fingerprint density at radius 1 is 1.27 bits per heavy atom. The van der Waals surface area contributed by atoms with E-state index in [-0.39, 0.29) is 0 Å². The minimum Gasteiger partial charge on any atom is -0.495 e. The molecule has 1 aliphatic rings. The monoisotopic (exact) mass is 210 g/mol. The summed E-state index contributed by atoms with van der Waals surface area (Å²) in [6.45, 7) is 0.650. The molecule has 0 radical (unpaired) electrons. The zero-order valence-electron chi connectivity index (χ0n) is 5.88. The van der Waals surface area contributed by atoms with Gasteiger partial charge in [0.25, 0.3) is 0 Å². The molecule has 2 heteroatoms. The summed E-state index contributed by atoms with van der Waals surface area (Å²) in [7, 11) is 0. The van der Waals surface area contributed by atoms with Gasteiger partial charge in [0.05, 0.1) is 6.26 Å². The minimum atomic E-state index is 0.650. The second-order valence-corrected chi connectivity index (χ2v) is 3.38. The van der Waals surface area contributed by atoms with Crippen LogP contribution < -0.4 is 10.4 Å². The standard InChI is InChI=1S/C9H7BrO/c10-9-6-11-5-7-3-1-2-4-8(7)9/h1-5H,6H2.